The third-order valence-corrected chi connectivity index (χ3v) is 10.8. The van der Waals surface area contributed by atoms with Gasteiger partial charge in [-0.25, -0.2) is 0 Å². The SMILES string of the molecule is Cc1ccc2c(c1)Oc1cc(C)ccc1N2c1ccc2c(c1)C(C)(C)c1cc(-c3cccc4c3sc3ccccc34)ccc1-2. The van der Waals surface area contributed by atoms with E-state index in [9.17, 15) is 0 Å². The maximum Gasteiger partial charge on any atom is 0.151 e. The van der Waals surface area contributed by atoms with Crippen molar-refractivity contribution in [2.45, 2.75) is 33.1 Å². The first-order valence-electron chi connectivity index (χ1n) is 15.3. The highest BCUT2D eigenvalue weighted by atomic mass is 32.1. The molecule has 6 aromatic carbocycles. The second-order valence-electron chi connectivity index (χ2n) is 12.8. The number of hydrogen-bond acceptors (Lipinski definition) is 3. The highest BCUT2D eigenvalue weighted by Crippen LogP contribution is 2.55. The fraction of sp³-hybridized carbons (Fsp3) is 0.122. The van der Waals surface area contributed by atoms with Crippen LogP contribution in [-0.2, 0) is 5.41 Å². The number of rotatable bonds is 2. The van der Waals surface area contributed by atoms with Gasteiger partial charge in [0.05, 0.1) is 11.4 Å². The minimum absolute atomic E-state index is 0.150. The molecule has 0 saturated heterocycles. The molecule has 0 unspecified atom stereocenters. The number of anilines is 3. The molecule has 2 heterocycles. The molecule has 0 N–H and O–H groups in total. The minimum atomic E-state index is -0.150. The van der Waals surface area contributed by atoms with Crippen LogP contribution >= 0.6 is 11.3 Å². The van der Waals surface area contributed by atoms with Gasteiger partial charge in [0.15, 0.2) is 11.5 Å². The van der Waals surface area contributed by atoms with E-state index in [1.807, 2.05) is 11.3 Å². The Hall–Kier alpha value is -4.86. The summed E-state index contributed by atoms with van der Waals surface area (Å²) in [5, 5.41) is 2.68. The van der Waals surface area contributed by atoms with Gasteiger partial charge in [-0.05, 0) is 107 Å². The van der Waals surface area contributed by atoms with Crippen molar-refractivity contribution < 1.29 is 4.74 Å². The Morgan fingerprint density at radius 3 is 2.00 bits per heavy atom. The molecule has 0 fully saturated rings. The molecular formula is C41H31NOS. The van der Waals surface area contributed by atoms with E-state index in [2.05, 4.69) is 148 Å². The lowest BCUT2D eigenvalue weighted by molar-refractivity contribution is 0.476. The summed E-state index contributed by atoms with van der Waals surface area (Å²) in [5.41, 5.74) is 13.5. The maximum atomic E-state index is 6.44. The normalized spacial score (nSPS) is 14.2. The molecule has 1 aliphatic heterocycles. The second-order valence-corrected chi connectivity index (χ2v) is 13.8. The van der Waals surface area contributed by atoms with E-state index in [1.54, 1.807) is 0 Å². The van der Waals surface area contributed by atoms with Gasteiger partial charge in [-0.3, -0.25) is 0 Å². The highest BCUT2D eigenvalue weighted by Gasteiger charge is 2.37. The lowest BCUT2D eigenvalue weighted by atomic mass is 9.81. The lowest BCUT2D eigenvalue weighted by Gasteiger charge is -2.34. The summed E-state index contributed by atoms with van der Waals surface area (Å²) in [4.78, 5) is 2.36. The van der Waals surface area contributed by atoms with Gasteiger partial charge in [0.2, 0.25) is 0 Å². The van der Waals surface area contributed by atoms with Gasteiger partial charge < -0.3 is 9.64 Å². The van der Waals surface area contributed by atoms with Crippen LogP contribution in [0.5, 0.6) is 11.5 Å². The average Bonchev–Trinajstić information content (AvgIpc) is 3.51. The van der Waals surface area contributed by atoms with Crippen molar-refractivity contribution >= 4 is 48.6 Å². The average molecular weight is 586 g/mol. The third kappa shape index (κ3) is 3.60. The Balaban J connectivity index is 1.18. The predicted molar refractivity (Wildman–Crippen MR) is 187 cm³/mol. The van der Waals surface area contributed by atoms with Gasteiger partial charge in [-0.2, -0.15) is 0 Å². The number of thiophene rings is 1. The summed E-state index contributed by atoms with van der Waals surface area (Å²) in [6.07, 6.45) is 0. The summed E-state index contributed by atoms with van der Waals surface area (Å²) >= 11 is 1.90. The van der Waals surface area contributed by atoms with Gasteiger partial charge in [-0.15, -0.1) is 11.3 Å². The van der Waals surface area contributed by atoms with E-state index in [0.717, 1.165) is 28.6 Å². The quantitative estimate of drug-likeness (QED) is 0.200. The van der Waals surface area contributed by atoms with E-state index >= 15 is 0 Å². The molecule has 0 saturated carbocycles. The first-order chi connectivity index (χ1) is 21.4. The first kappa shape index (κ1) is 25.6. The summed E-state index contributed by atoms with van der Waals surface area (Å²) in [5.74, 6) is 1.79. The molecule has 7 aromatic rings. The highest BCUT2D eigenvalue weighted by molar-refractivity contribution is 7.26. The van der Waals surface area contributed by atoms with Crippen molar-refractivity contribution in [2.24, 2.45) is 0 Å². The van der Waals surface area contributed by atoms with Gasteiger partial charge >= 0.3 is 0 Å². The first-order valence-corrected chi connectivity index (χ1v) is 16.1. The zero-order valence-corrected chi connectivity index (χ0v) is 26.0. The van der Waals surface area contributed by atoms with E-state index in [1.165, 1.54) is 64.7 Å². The number of hydrogen-bond donors (Lipinski definition) is 0. The van der Waals surface area contributed by atoms with E-state index in [4.69, 9.17) is 4.74 Å². The largest absolute Gasteiger partial charge is 0.453 e. The van der Waals surface area contributed by atoms with Crippen LogP contribution in [0, 0.1) is 13.8 Å². The van der Waals surface area contributed by atoms with Crippen molar-refractivity contribution in [3.8, 4) is 33.8 Å². The molecule has 212 valence electrons. The molecule has 2 aliphatic rings. The fourth-order valence-corrected chi connectivity index (χ4v) is 8.55. The number of ether oxygens (including phenoxy) is 1. The molecule has 1 aromatic heterocycles. The molecular weight excluding hydrogens is 555 g/mol. The van der Waals surface area contributed by atoms with E-state index < -0.39 is 0 Å². The molecule has 0 atom stereocenters. The predicted octanol–water partition coefficient (Wildman–Crippen LogP) is 12.2. The Morgan fingerprint density at radius 2 is 1.25 bits per heavy atom. The molecule has 1 aliphatic carbocycles. The molecule has 44 heavy (non-hydrogen) atoms. The van der Waals surface area contributed by atoms with Crippen LogP contribution in [0.4, 0.5) is 17.1 Å². The monoisotopic (exact) mass is 585 g/mol. The van der Waals surface area contributed by atoms with Crippen molar-refractivity contribution in [1.29, 1.82) is 0 Å². The van der Waals surface area contributed by atoms with Crippen molar-refractivity contribution in [3.05, 3.63) is 138 Å². The summed E-state index contributed by atoms with van der Waals surface area (Å²) < 4.78 is 9.14. The van der Waals surface area contributed by atoms with Crippen molar-refractivity contribution in [2.75, 3.05) is 4.90 Å². The zero-order chi connectivity index (χ0) is 29.7. The topological polar surface area (TPSA) is 12.5 Å². The number of benzene rings is 6. The van der Waals surface area contributed by atoms with Gasteiger partial charge in [-0.1, -0.05) is 80.6 Å². The maximum absolute atomic E-state index is 6.44. The van der Waals surface area contributed by atoms with Crippen LogP contribution in [0.3, 0.4) is 0 Å². The zero-order valence-electron chi connectivity index (χ0n) is 25.2. The number of fused-ring (bicyclic) bond motifs is 8. The molecule has 0 amide bonds. The minimum Gasteiger partial charge on any atom is -0.453 e. The molecule has 0 spiro atoms. The van der Waals surface area contributed by atoms with Crippen LogP contribution in [0.1, 0.15) is 36.1 Å². The number of aryl methyl sites for hydroxylation is 2. The van der Waals surface area contributed by atoms with E-state index in [0.29, 0.717) is 0 Å². The van der Waals surface area contributed by atoms with Crippen LogP contribution in [0.2, 0.25) is 0 Å². The van der Waals surface area contributed by atoms with Crippen LogP contribution < -0.4 is 9.64 Å². The summed E-state index contributed by atoms with van der Waals surface area (Å²) in [6.45, 7) is 8.98. The van der Waals surface area contributed by atoms with Gasteiger partial charge in [0, 0.05) is 31.3 Å². The van der Waals surface area contributed by atoms with Gasteiger partial charge in [0.1, 0.15) is 0 Å². The van der Waals surface area contributed by atoms with Crippen molar-refractivity contribution in [3.63, 3.8) is 0 Å². The summed E-state index contributed by atoms with van der Waals surface area (Å²) in [6, 6.07) is 42.6. The van der Waals surface area contributed by atoms with Crippen LogP contribution in [0.15, 0.2) is 115 Å². The molecule has 0 radical (unpaired) electrons. The Bertz CT molecular complexity index is 2270. The van der Waals surface area contributed by atoms with Gasteiger partial charge in [0.25, 0.3) is 0 Å². The lowest BCUT2D eigenvalue weighted by Crippen LogP contribution is -2.18. The third-order valence-electron chi connectivity index (χ3n) is 9.57. The van der Waals surface area contributed by atoms with E-state index in [-0.39, 0.29) is 5.41 Å². The van der Waals surface area contributed by atoms with Crippen LogP contribution in [0.25, 0.3) is 42.4 Å². The Morgan fingerprint density at radius 1 is 0.591 bits per heavy atom. The molecule has 3 heteroatoms. The fourth-order valence-electron chi connectivity index (χ4n) is 7.31. The Labute approximate surface area is 261 Å². The second kappa shape index (κ2) is 9.07. The van der Waals surface area contributed by atoms with Crippen LogP contribution in [-0.4, -0.2) is 0 Å². The standard InChI is InChI=1S/C41H31NOS/c1-24-12-18-35-37(20-24)43-38-21-25(2)13-19-36(38)42(35)27-15-17-30-29-16-14-26(22-33(29)41(3,4)34(30)23-27)28-9-7-10-32-31-8-5-6-11-39(31)44-40(28)32/h5-23H,1-4H3. The van der Waals surface area contributed by atoms with Crippen molar-refractivity contribution in [1.82, 2.24) is 0 Å². The molecule has 2 nitrogen and oxygen atoms in total. The number of nitrogens with zero attached hydrogens (tertiary/aromatic N) is 1. The molecule has 9 rings (SSSR count). The summed E-state index contributed by atoms with van der Waals surface area (Å²) in [7, 11) is 0. The molecule has 0 bridgehead atoms. The Kier molecular flexibility index (Phi) is 5.28. The smallest absolute Gasteiger partial charge is 0.151 e.